The Bertz CT molecular complexity index is 548. The summed E-state index contributed by atoms with van der Waals surface area (Å²) in [5.41, 5.74) is 0.297. The van der Waals surface area contributed by atoms with Crippen molar-refractivity contribution in [3.63, 3.8) is 0 Å². The SMILES string of the molecule is CCNC(=O)c1ccc(NCc2nncn2C)nn1. The van der Waals surface area contributed by atoms with E-state index in [1.165, 1.54) is 0 Å². The van der Waals surface area contributed by atoms with Gasteiger partial charge in [-0.3, -0.25) is 4.79 Å². The van der Waals surface area contributed by atoms with Gasteiger partial charge < -0.3 is 15.2 Å². The van der Waals surface area contributed by atoms with Crippen LogP contribution in [0.5, 0.6) is 0 Å². The number of nitrogens with zero attached hydrogens (tertiary/aromatic N) is 5. The molecule has 0 bridgehead atoms. The maximum absolute atomic E-state index is 11.5. The molecule has 8 heteroatoms. The van der Waals surface area contributed by atoms with Crippen LogP contribution in [0, 0.1) is 0 Å². The van der Waals surface area contributed by atoms with Crippen LogP contribution in [0.3, 0.4) is 0 Å². The van der Waals surface area contributed by atoms with Crippen molar-refractivity contribution in [2.24, 2.45) is 7.05 Å². The molecule has 0 atom stereocenters. The maximum atomic E-state index is 11.5. The van der Waals surface area contributed by atoms with Crippen molar-refractivity contribution in [3.05, 3.63) is 30.0 Å². The van der Waals surface area contributed by atoms with Crippen LogP contribution < -0.4 is 10.6 Å². The summed E-state index contributed by atoms with van der Waals surface area (Å²) in [4.78, 5) is 11.5. The van der Waals surface area contributed by atoms with E-state index < -0.39 is 0 Å². The average Bonchev–Trinajstić information content (AvgIpc) is 2.83. The number of nitrogens with one attached hydrogen (secondary N) is 2. The molecule has 0 saturated heterocycles. The molecular formula is C11H15N7O. The van der Waals surface area contributed by atoms with Gasteiger partial charge >= 0.3 is 0 Å². The first kappa shape index (κ1) is 12.9. The lowest BCUT2D eigenvalue weighted by Crippen LogP contribution is -2.24. The van der Waals surface area contributed by atoms with Crippen LogP contribution in [-0.2, 0) is 13.6 Å². The van der Waals surface area contributed by atoms with Crippen molar-refractivity contribution in [1.29, 1.82) is 0 Å². The third-order valence-electron chi connectivity index (χ3n) is 2.47. The predicted molar refractivity (Wildman–Crippen MR) is 68.4 cm³/mol. The molecular weight excluding hydrogens is 246 g/mol. The Morgan fingerprint density at radius 3 is 2.74 bits per heavy atom. The number of rotatable bonds is 5. The fourth-order valence-electron chi connectivity index (χ4n) is 1.44. The maximum Gasteiger partial charge on any atom is 0.271 e. The second-order valence-corrected chi connectivity index (χ2v) is 3.87. The summed E-state index contributed by atoms with van der Waals surface area (Å²) in [6.07, 6.45) is 1.63. The molecule has 0 aliphatic heterocycles. The van der Waals surface area contributed by atoms with Crippen molar-refractivity contribution in [2.45, 2.75) is 13.5 Å². The van der Waals surface area contributed by atoms with Gasteiger partial charge in [-0.1, -0.05) is 0 Å². The summed E-state index contributed by atoms with van der Waals surface area (Å²) in [7, 11) is 1.86. The van der Waals surface area contributed by atoms with Crippen LogP contribution in [0.2, 0.25) is 0 Å². The summed E-state index contributed by atoms with van der Waals surface area (Å²) in [6, 6.07) is 3.32. The van der Waals surface area contributed by atoms with E-state index in [1.807, 2.05) is 18.5 Å². The van der Waals surface area contributed by atoms with Gasteiger partial charge in [-0.2, -0.15) is 0 Å². The minimum atomic E-state index is -0.227. The van der Waals surface area contributed by atoms with Gasteiger partial charge in [-0.15, -0.1) is 20.4 Å². The van der Waals surface area contributed by atoms with Crippen LogP contribution in [0.4, 0.5) is 5.82 Å². The monoisotopic (exact) mass is 261 g/mol. The molecule has 100 valence electrons. The lowest BCUT2D eigenvalue weighted by atomic mass is 10.3. The molecule has 0 aliphatic rings. The molecule has 1 amide bonds. The zero-order valence-electron chi connectivity index (χ0n) is 10.8. The number of hydrogen-bond acceptors (Lipinski definition) is 6. The van der Waals surface area contributed by atoms with Crippen molar-refractivity contribution < 1.29 is 4.79 Å². The number of hydrogen-bond donors (Lipinski definition) is 2. The molecule has 0 radical (unpaired) electrons. The highest BCUT2D eigenvalue weighted by atomic mass is 16.1. The Morgan fingerprint density at radius 2 is 2.16 bits per heavy atom. The fraction of sp³-hybridized carbons (Fsp3) is 0.364. The smallest absolute Gasteiger partial charge is 0.271 e. The zero-order chi connectivity index (χ0) is 13.7. The third-order valence-corrected chi connectivity index (χ3v) is 2.47. The van der Waals surface area contributed by atoms with E-state index in [0.29, 0.717) is 24.6 Å². The van der Waals surface area contributed by atoms with Gasteiger partial charge in [0.25, 0.3) is 5.91 Å². The Hall–Kier alpha value is -2.51. The van der Waals surface area contributed by atoms with Crippen LogP contribution in [0.15, 0.2) is 18.5 Å². The number of anilines is 1. The molecule has 2 rings (SSSR count). The van der Waals surface area contributed by atoms with Crippen LogP contribution in [-0.4, -0.2) is 37.4 Å². The molecule has 2 aromatic heterocycles. The normalized spacial score (nSPS) is 10.2. The summed E-state index contributed by atoms with van der Waals surface area (Å²) in [6.45, 7) is 2.90. The molecule has 2 heterocycles. The van der Waals surface area contributed by atoms with Crippen molar-refractivity contribution in [2.75, 3.05) is 11.9 Å². The van der Waals surface area contributed by atoms with E-state index >= 15 is 0 Å². The first-order chi connectivity index (χ1) is 9.20. The van der Waals surface area contributed by atoms with E-state index in [-0.39, 0.29) is 5.91 Å². The molecule has 0 aliphatic carbocycles. The van der Waals surface area contributed by atoms with E-state index in [2.05, 4.69) is 31.0 Å². The fourth-order valence-corrected chi connectivity index (χ4v) is 1.44. The number of aromatic nitrogens is 5. The highest BCUT2D eigenvalue weighted by Gasteiger charge is 2.07. The van der Waals surface area contributed by atoms with E-state index in [0.717, 1.165) is 5.82 Å². The van der Waals surface area contributed by atoms with Gasteiger partial charge in [0.15, 0.2) is 11.5 Å². The molecule has 0 spiro atoms. The van der Waals surface area contributed by atoms with Crippen LogP contribution in [0.1, 0.15) is 23.2 Å². The van der Waals surface area contributed by atoms with Crippen LogP contribution >= 0.6 is 0 Å². The highest BCUT2D eigenvalue weighted by molar-refractivity contribution is 5.92. The van der Waals surface area contributed by atoms with Gasteiger partial charge in [0, 0.05) is 13.6 Å². The molecule has 0 aromatic carbocycles. The molecule has 0 saturated carbocycles. The van der Waals surface area contributed by atoms with Gasteiger partial charge in [0.2, 0.25) is 0 Å². The minimum absolute atomic E-state index is 0.227. The van der Waals surface area contributed by atoms with E-state index in [9.17, 15) is 4.79 Å². The first-order valence-electron chi connectivity index (χ1n) is 5.89. The summed E-state index contributed by atoms with van der Waals surface area (Å²) >= 11 is 0. The van der Waals surface area contributed by atoms with E-state index in [1.54, 1.807) is 18.5 Å². The molecule has 2 N–H and O–H groups in total. The largest absolute Gasteiger partial charge is 0.361 e. The quantitative estimate of drug-likeness (QED) is 0.784. The van der Waals surface area contributed by atoms with Gasteiger partial charge in [-0.25, -0.2) is 0 Å². The minimum Gasteiger partial charge on any atom is -0.361 e. The first-order valence-corrected chi connectivity index (χ1v) is 5.89. The number of aryl methyl sites for hydroxylation is 1. The molecule has 0 fully saturated rings. The third kappa shape index (κ3) is 3.24. The van der Waals surface area contributed by atoms with Gasteiger partial charge in [0.1, 0.15) is 12.1 Å². The number of carbonyl (C=O) groups excluding carboxylic acids is 1. The summed E-state index contributed by atoms with van der Waals surface area (Å²) < 4.78 is 1.81. The number of carbonyl (C=O) groups is 1. The van der Waals surface area contributed by atoms with E-state index in [4.69, 9.17) is 0 Å². The molecule has 2 aromatic rings. The Labute approximate surface area is 110 Å². The topological polar surface area (TPSA) is 97.6 Å². The Kier molecular flexibility index (Phi) is 4.01. The lowest BCUT2D eigenvalue weighted by Gasteiger charge is -2.05. The average molecular weight is 261 g/mol. The zero-order valence-corrected chi connectivity index (χ0v) is 10.8. The Balaban J connectivity index is 1.95. The molecule has 0 unspecified atom stereocenters. The van der Waals surface area contributed by atoms with Crippen molar-refractivity contribution >= 4 is 11.7 Å². The van der Waals surface area contributed by atoms with Gasteiger partial charge in [0.05, 0.1) is 6.54 Å². The lowest BCUT2D eigenvalue weighted by molar-refractivity contribution is 0.0950. The molecule has 19 heavy (non-hydrogen) atoms. The highest BCUT2D eigenvalue weighted by Crippen LogP contribution is 2.04. The summed E-state index contributed by atoms with van der Waals surface area (Å²) in [5.74, 6) is 1.14. The number of amides is 1. The molecule has 8 nitrogen and oxygen atoms in total. The Morgan fingerprint density at radius 1 is 1.32 bits per heavy atom. The second-order valence-electron chi connectivity index (χ2n) is 3.87. The predicted octanol–water partition coefficient (Wildman–Crippen LogP) is -0.0331. The van der Waals surface area contributed by atoms with Crippen LogP contribution in [0.25, 0.3) is 0 Å². The van der Waals surface area contributed by atoms with Crippen molar-refractivity contribution in [3.8, 4) is 0 Å². The summed E-state index contributed by atoms with van der Waals surface area (Å²) in [5, 5.41) is 21.2. The standard InChI is InChI=1S/C11H15N7O/c1-3-12-11(19)8-4-5-9(16-15-8)13-6-10-17-14-7-18(10)2/h4-5,7H,3,6H2,1-2H3,(H,12,19)(H,13,16). The van der Waals surface area contributed by atoms with Crippen molar-refractivity contribution in [1.82, 2.24) is 30.3 Å². The second kappa shape index (κ2) is 5.89. The van der Waals surface area contributed by atoms with Gasteiger partial charge in [-0.05, 0) is 19.1 Å².